The summed E-state index contributed by atoms with van der Waals surface area (Å²) < 4.78 is 7.04. The molecule has 0 saturated carbocycles. The molecule has 0 spiro atoms. The van der Waals surface area contributed by atoms with Gasteiger partial charge in [0, 0.05) is 29.1 Å². The molecule has 1 aromatic heterocycles. The Balaban J connectivity index is 2.17. The summed E-state index contributed by atoms with van der Waals surface area (Å²) in [4.78, 5) is 35.0. The van der Waals surface area contributed by atoms with E-state index in [1.807, 2.05) is 38.3 Å². The number of esters is 1. The van der Waals surface area contributed by atoms with Crippen molar-refractivity contribution in [2.45, 2.75) is 47.5 Å². The lowest BCUT2D eigenvalue weighted by atomic mass is 10.1. The predicted molar refractivity (Wildman–Crippen MR) is 99.9 cm³/mol. The molecular weight excluding hydrogens is 330 g/mol. The molecule has 0 unspecified atom stereocenters. The lowest BCUT2D eigenvalue weighted by molar-refractivity contribution is -0.143. The van der Waals surface area contributed by atoms with Crippen molar-refractivity contribution in [3.05, 3.63) is 52.3 Å². The highest BCUT2D eigenvalue weighted by Gasteiger charge is 2.18. The highest BCUT2D eigenvalue weighted by Crippen LogP contribution is 2.23. The van der Waals surface area contributed by atoms with Crippen molar-refractivity contribution in [3.63, 3.8) is 0 Å². The first-order chi connectivity index (χ1) is 12.2. The lowest BCUT2D eigenvalue weighted by Gasteiger charge is -2.12. The van der Waals surface area contributed by atoms with Gasteiger partial charge in [-0.1, -0.05) is 6.07 Å². The number of aryl methyl sites for hydroxylation is 3. The summed E-state index contributed by atoms with van der Waals surface area (Å²) in [7, 11) is 0. The van der Waals surface area contributed by atoms with Crippen LogP contribution in [0.2, 0.25) is 0 Å². The van der Waals surface area contributed by atoms with Crippen LogP contribution in [0.3, 0.4) is 0 Å². The van der Waals surface area contributed by atoms with Gasteiger partial charge >= 0.3 is 5.97 Å². The summed E-state index contributed by atoms with van der Waals surface area (Å²) in [6.07, 6.45) is 0.137. The number of hydrogen-bond acceptors (Lipinski definition) is 4. The number of carbonyl (C=O) groups is 3. The number of aromatic nitrogens is 1. The summed E-state index contributed by atoms with van der Waals surface area (Å²) in [6.45, 7) is 9.01. The monoisotopic (exact) mass is 355 g/mol. The predicted octanol–water partition coefficient (Wildman–Crippen LogP) is 3.81. The number of Topliss-reactive ketones (excluding diaryl/α,β-unsaturated/α-hetero) is 2. The van der Waals surface area contributed by atoms with Crippen LogP contribution < -0.4 is 0 Å². The second kappa shape index (κ2) is 8.13. The number of carbonyl (C=O) groups excluding carboxylic acids is 3. The Bertz CT molecular complexity index is 841. The molecule has 0 amide bonds. The van der Waals surface area contributed by atoms with Crippen LogP contribution in [0.4, 0.5) is 0 Å². The SMILES string of the molecule is CC(=O)CCC(=O)OCC(=O)c1cc(C)n(-c2cc(C)cc(C)c2)c1C. The van der Waals surface area contributed by atoms with E-state index < -0.39 is 5.97 Å². The van der Waals surface area contributed by atoms with E-state index in [1.165, 1.54) is 6.92 Å². The van der Waals surface area contributed by atoms with Crippen LogP contribution >= 0.6 is 0 Å². The summed E-state index contributed by atoms with van der Waals surface area (Å²) in [5.41, 5.74) is 5.62. The largest absolute Gasteiger partial charge is 0.457 e. The number of nitrogens with zero attached hydrogens (tertiary/aromatic N) is 1. The fraction of sp³-hybridized carbons (Fsp3) is 0.381. The molecule has 1 aromatic carbocycles. The van der Waals surface area contributed by atoms with Gasteiger partial charge in [0.2, 0.25) is 5.78 Å². The van der Waals surface area contributed by atoms with Gasteiger partial charge < -0.3 is 14.1 Å². The van der Waals surface area contributed by atoms with Crippen molar-refractivity contribution in [2.75, 3.05) is 6.61 Å². The Morgan fingerprint density at radius 1 is 0.923 bits per heavy atom. The molecule has 0 aliphatic carbocycles. The smallest absolute Gasteiger partial charge is 0.306 e. The van der Waals surface area contributed by atoms with E-state index in [-0.39, 0.29) is 31.0 Å². The third-order valence-electron chi connectivity index (χ3n) is 4.24. The molecule has 2 rings (SSSR count). The lowest BCUT2D eigenvalue weighted by Crippen LogP contribution is -2.15. The Morgan fingerprint density at radius 3 is 2.12 bits per heavy atom. The van der Waals surface area contributed by atoms with Crippen molar-refractivity contribution < 1.29 is 19.1 Å². The first-order valence-electron chi connectivity index (χ1n) is 8.65. The van der Waals surface area contributed by atoms with Crippen LogP contribution in [0.25, 0.3) is 5.69 Å². The normalized spacial score (nSPS) is 10.7. The fourth-order valence-electron chi connectivity index (χ4n) is 3.10. The third-order valence-corrected chi connectivity index (χ3v) is 4.24. The van der Waals surface area contributed by atoms with Crippen molar-refractivity contribution in [2.24, 2.45) is 0 Å². The molecule has 5 heteroatoms. The van der Waals surface area contributed by atoms with Gasteiger partial charge in [0.05, 0.1) is 6.42 Å². The van der Waals surface area contributed by atoms with E-state index in [2.05, 4.69) is 18.2 Å². The van der Waals surface area contributed by atoms with Crippen LogP contribution in [0.5, 0.6) is 0 Å². The van der Waals surface area contributed by atoms with Gasteiger partial charge in [-0.05, 0) is 63.9 Å². The summed E-state index contributed by atoms with van der Waals surface area (Å²) >= 11 is 0. The third kappa shape index (κ3) is 4.69. The molecule has 26 heavy (non-hydrogen) atoms. The standard InChI is InChI=1S/C21H25NO4/c1-13-8-14(2)10-18(9-13)22-15(3)11-19(17(22)5)20(24)12-26-21(25)7-6-16(4)23/h8-11H,6-7,12H2,1-5H3. The topological polar surface area (TPSA) is 65.4 Å². The van der Waals surface area contributed by atoms with E-state index in [0.29, 0.717) is 5.56 Å². The van der Waals surface area contributed by atoms with Gasteiger partial charge in [-0.2, -0.15) is 0 Å². The molecule has 1 heterocycles. The zero-order valence-electron chi connectivity index (χ0n) is 16.0. The molecule has 0 fully saturated rings. The maximum Gasteiger partial charge on any atom is 0.306 e. The minimum atomic E-state index is -0.531. The maximum atomic E-state index is 12.5. The summed E-state index contributed by atoms with van der Waals surface area (Å²) in [5.74, 6) is -0.855. The summed E-state index contributed by atoms with van der Waals surface area (Å²) in [5, 5.41) is 0. The molecule has 0 bridgehead atoms. The van der Waals surface area contributed by atoms with E-state index in [0.717, 1.165) is 28.2 Å². The van der Waals surface area contributed by atoms with E-state index >= 15 is 0 Å². The molecule has 0 N–H and O–H groups in total. The zero-order valence-corrected chi connectivity index (χ0v) is 16.0. The minimum Gasteiger partial charge on any atom is -0.457 e. The highest BCUT2D eigenvalue weighted by atomic mass is 16.5. The first-order valence-corrected chi connectivity index (χ1v) is 8.65. The summed E-state index contributed by atoms with van der Waals surface area (Å²) in [6, 6.07) is 8.06. The van der Waals surface area contributed by atoms with Gasteiger partial charge in [0.25, 0.3) is 0 Å². The molecule has 0 atom stereocenters. The van der Waals surface area contributed by atoms with E-state index in [1.54, 1.807) is 0 Å². The first kappa shape index (κ1) is 19.6. The number of benzene rings is 1. The Labute approximate surface area is 154 Å². The average molecular weight is 355 g/mol. The molecule has 0 saturated heterocycles. The molecule has 0 aliphatic rings. The van der Waals surface area contributed by atoms with Crippen LogP contribution in [0, 0.1) is 27.7 Å². The number of hydrogen-bond donors (Lipinski definition) is 0. The van der Waals surface area contributed by atoms with E-state index in [4.69, 9.17) is 4.74 Å². The van der Waals surface area contributed by atoms with Gasteiger partial charge in [-0.15, -0.1) is 0 Å². The van der Waals surface area contributed by atoms with Gasteiger partial charge in [-0.25, -0.2) is 0 Å². The van der Waals surface area contributed by atoms with Crippen LogP contribution in [-0.2, 0) is 14.3 Å². The average Bonchev–Trinajstić information content (AvgIpc) is 2.84. The number of rotatable bonds is 7. The number of ether oxygens (including phenoxy) is 1. The maximum absolute atomic E-state index is 12.5. The Kier molecular flexibility index (Phi) is 6.14. The van der Waals surface area contributed by atoms with Gasteiger partial charge in [0.1, 0.15) is 5.78 Å². The van der Waals surface area contributed by atoms with Crippen LogP contribution in [-0.4, -0.2) is 28.7 Å². The van der Waals surface area contributed by atoms with E-state index in [9.17, 15) is 14.4 Å². The van der Waals surface area contributed by atoms with Crippen molar-refractivity contribution >= 4 is 17.5 Å². The molecule has 0 aliphatic heterocycles. The highest BCUT2D eigenvalue weighted by molar-refractivity contribution is 5.99. The Hall–Kier alpha value is -2.69. The second-order valence-corrected chi connectivity index (χ2v) is 6.75. The molecule has 5 nitrogen and oxygen atoms in total. The fourth-order valence-corrected chi connectivity index (χ4v) is 3.10. The zero-order chi connectivity index (χ0) is 19.4. The van der Waals surface area contributed by atoms with Gasteiger partial charge in [-0.3, -0.25) is 9.59 Å². The minimum absolute atomic E-state index is 0.00417. The van der Waals surface area contributed by atoms with Crippen molar-refractivity contribution in [3.8, 4) is 5.69 Å². The molecular formula is C21H25NO4. The molecule has 2 aromatic rings. The van der Waals surface area contributed by atoms with Crippen LogP contribution in [0.15, 0.2) is 24.3 Å². The molecule has 0 radical (unpaired) electrons. The van der Waals surface area contributed by atoms with Crippen molar-refractivity contribution in [1.29, 1.82) is 0 Å². The van der Waals surface area contributed by atoms with Gasteiger partial charge in [0.15, 0.2) is 6.61 Å². The molecule has 138 valence electrons. The van der Waals surface area contributed by atoms with Crippen LogP contribution in [0.1, 0.15) is 52.6 Å². The quantitative estimate of drug-likeness (QED) is 0.560. The number of ketones is 2. The Morgan fingerprint density at radius 2 is 1.54 bits per heavy atom. The second-order valence-electron chi connectivity index (χ2n) is 6.75. The van der Waals surface area contributed by atoms with Crippen molar-refractivity contribution in [1.82, 2.24) is 4.57 Å².